The van der Waals surface area contributed by atoms with E-state index in [1.165, 1.54) is 0 Å². The predicted molar refractivity (Wildman–Crippen MR) is 93.9 cm³/mol. The molecular formula is C19H18N4O2. The van der Waals surface area contributed by atoms with Crippen LogP contribution in [0.3, 0.4) is 0 Å². The molecule has 25 heavy (non-hydrogen) atoms. The van der Waals surface area contributed by atoms with Gasteiger partial charge in [0.25, 0.3) is 5.91 Å². The Hall–Kier alpha value is -3.41. The zero-order valence-corrected chi connectivity index (χ0v) is 13.6. The number of nitrogens with zero attached hydrogens (tertiary/aromatic N) is 2. The maximum atomic E-state index is 12.3. The second-order valence-corrected chi connectivity index (χ2v) is 5.60. The quantitative estimate of drug-likeness (QED) is 0.722. The second-order valence-electron chi connectivity index (χ2n) is 5.60. The summed E-state index contributed by atoms with van der Waals surface area (Å²) >= 11 is 0. The number of benzene rings is 2. The molecule has 0 aliphatic carbocycles. The molecule has 0 unspecified atom stereocenters. The first-order valence-corrected chi connectivity index (χ1v) is 7.86. The van der Waals surface area contributed by atoms with Crippen LogP contribution in [-0.4, -0.2) is 21.6 Å². The van der Waals surface area contributed by atoms with E-state index in [2.05, 4.69) is 10.4 Å². The summed E-state index contributed by atoms with van der Waals surface area (Å²) in [5.74, 6) is -0.718. The van der Waals surface area contributed by atoms with Crippen LogP contribution < -0.4 is 11.1 Å². The van der Waals surface area contributed by atoms with Crippen molar-refractivity contribution >= 4 is 11.8 Å². The molecule has 0 saturated carbocycles. The average Bonchev–Trinajstić information content (AvgIpc) is 3.14. The van der Waals surface area contributed by atoms with E-state index < -0.39 is 5.91 Å². The molecule has 3 N–H and O–H groups in total. The van der Waals surface area contributed by atoms with E-state index in [4.69, 9.17) is 5.73 Å². The van der Waals surface area contributed by atoms with E-state index in [0.717, 1.165) is 11.1 Å². The topological polar surface area (TPSA) is 90.0 Å². The van der Waals surface area contributed by atoms with Gasteiger partial charge in [0.2, 0.25) is 5.91 Å². The Morgan fingerprint density at radius 1 is 0.960 bits per heavy atom. The van der Waals surface area contributed by atoms with E-state index in [-0.39, 0.29) is 5.91 Å². The van der Waals surface area contributed by atoms with Gasteiger partial charge in [-0.3, -0.25) is 14.3 Å². The number of carbonyl (C=O) groups excluding carboxylic acids is 2. The Morgan fingerprint density at radius 3 is 2.28 bits per heavy atom. The van der Waals surface area contributed by atoms with Crippen LogP contribution >= 0.6 is 0 Å². The summed E-state index contributed by atoms with van der Waals surface area (Å²) in [7, 11) is 0. The highest BCUT2D eigenvalue weighted by atomic mass is 16.2. The molecule has 0 fully saturated rings. The smallest absolute Gasteiger partial charge is 0.251 e. The zero-order valence-electron chi connectivity index (χ0n) is 13.6. The molecule has 0 radical (unpaired) electrons. The van der Waals surface area contributed by atoms with Crippen LogP contribution in [0.5, 0.6) is 0 Å². The van der Waals surface area contributed by atoms with Crippen molar-refractivity contribution in [3.05, 3.63) is 89.2 Å². The molecule has 1 heterocycles. The minimum Gasteiger partial charge on any atom is -0.366 e. The number of hydrogen-bond acceptors (Lipinski definition) is 3. The Morgan fingerprint density at radius 2 is 1.64 bits per heavy atom. The van der Waals surface area contributed by atoms with Gasteiger partial charge in [-0.25, -0.2) is 0 Å². The average molecular weight is 334 g/mol. The third-order valence-corrected chi connectivity index (χ3v) is 3.88. The molecule has 3 aromatic rings. The van der Waals surface area contributed by atoms with E-state index >= 15 is 0 Å². The highest BCUT2D eigenvalue weighted by molar-refractivity contribution is 5.97. The first kappa shape index (κ1) is 16.4. The second kappa shape index (κ2) is 7.44. The third-order valence-electron chi connectivity index (χ3n) is 3.88. The molecule has 6 heteroatoms. The molecule has 0 aliphatic heterocycles. The third kappa shape index (κ3) is 4.11. The van der Waals surface area contributed by atoms with Gasteiger partial charge in [-0.1, -0.05) is 24.3 Å². The summed E-state index contributed by atoms with van der Waals surface area (Å²) in [6.45, 7) is 1.06. The largest absolute Gasteiger partial charge is 0.366 e. The van der Waals surface area contributed by atoms with Crippen molar-refractivity contribution in [2.75, 3.05) is 0 Å². The highest BCUT2D eigenvalue weighted by Crippen LogP contribution is 2.11. The molecule has 0 spiro atoms. The summed E-state index contributed by atoms with van der Waals surface area (Å²) in [4.78, 5) is 23.4. The molecule has 0 bridgehead atoms. The minimum atomic E-state index is -0.514. The summed E-state index contributed by atoms with van der Waals surface area (Å²) in [6, 6.07) is 16.0. The van der Waals surface area contributed by atoms with E-state index in [1.807, 2.05) is 41.2 Å². The minimum absolute atomic E-state index is 0.204. The van der Waals surface area contributed by atoms with E-state index in [9.17, 15) is 9.59 Å². The molecular weight excluding hydrogens is 316 g/mol. The van der Waals surface area contributed by atoms with Gasteiger partial charge in [0.05, 0.1) is 6.54 Å². The van der Waals surface area contributed by atoms with Crippen molar-refractivity contribution in [2.45, 2.75) is 13.1 Å². The van der Waals surface area contributed by atoms with Crippen molar-refractivity contribution in [3.8, 4) is 0 Å². The fourth-order valence-electron chi connectivity index (χ4n) is 2.52. The van der Waals surface area contributed by atoms with Crippen LogP contribution in [0.25, 0.3) is 0 Å². The Kier molecular flexibility index (Phi) is 4.89. The monoisotopic (exact) mass is 334 g/mol. The molecule has 2 amide bonds. The number of nitrogens with two attached hydrogens (primary N) is 1. The van der Waals surface area contributed by atoms with Gasteiger partial charge in [-0.05, 0) is 41.5 Å². The Labute approximate surface area is 145 Å². The number of rotatable bonds is 6. The molecule has 1 aromatic heterocycles. The van der Waals surface area contributed by atoms with E-state index in [0.29, 0.717) is 24.2 Å². The molecule has 126 valence electrons. The normalized spacial score (nSPS) is 10.4. The molecule has 0 aliphatic rings. The SMILES string of the molecule is NC(=O)c1ccc(C(=O)NCc2ccccc2Cn2cccn2)cc1. The summed E-state index contributed by atoms with van der Waals surface area (Å²) in [6.07, 6.45) is 3.63. The first-order valence-electron chi connectivity index (χ1n) is 7.86. The lowest BCUT2D eigenvalue weighted by Crippen LogP contribution is -2.24. The van der Waals surface area contributed by atoms with Crippen LogP contribution in [0.4, 0.5) is 0 Å². The standard InChI is InChI=1S/C19H18N4O2/c20-18(24)14-6-8-15(9-7-14)19(25)21-12-16-4-1-2-5-17(16)13-23-11-3-10-22-23/h1-11H,12-13H2,(H2,20,24)(H,21,25). The van der Waals surface area contributed by atoms with Crippen LogP contribution in [0.15, 0.2) is 67.0 Å². The van der Waals surface area contributed by atoms with Crippen molar-refractivity contribution in [1.29, 1.82) is 0 Å². The lowest BCUT2D eigenvalue weighted by atomic mass is 10.1. The number of amides is 2. The van der Waals surface area contributed by atoms with E-state index in [1.54, 1.807) is 30.5 Å². The molecule has 2 aromatic carbocycles. The number of carbonyl (C=O) groups is 2. The number of primary amides is 1. The van der Waals surface area contributed by atoms with Crippen molar-refractivity contribution in [1.82, 2.24) is 15.1 Å². The molecule has 0 saturated heterocycles. The summed E-state index contributed by atoms with van der Waals surface area (Å²) in [5.41, 5.74) is 8.18. The zero-order chi connectivity index (χ0) is 17.6. The van der Waals surface area contributed by atoms with Crippen molar-refractivity contribution < 1.29 is 9.59 Å². The first-order chi connectivity index (χ1) is 12.1. The molecule has 6 nitrogen and oxygen atoms in total. The van der Waals surface area contributed by atoms with Gasteiger partial charge in [-0.15, -0.1) is 0 Å². The van der Waals surface area contributed by atoms with Gasteiger partial charge in [0, 0.05) is 30.1 Å². The molecule has 0 atom stereocenters. The van der Waals surface area contributed by atoms with Crippen LogP contribution in [-0.2, 0) is 13.1 Å². The van der Waals surface area contributed by atoms with Crippen LogP contribution in [0, 0.1) is 0 Å². The summed E-state index contributed by atoms with van der Waals surface area (Å²) < 4.78 is 1.84. The highest BCUT2D eigenvalue weighted by Gasteiger charge is 2.09. The van der Waals surface area contributed by atoms with Gasteiger partial charge in [-0.2, -0.15) is 5.10 Å². The lowest BCUT2D eigenvalue weighted by molar-refractivity contribution is 0.0948. The number of aromatic nitrogens is 2. The van der Waals surface area contributed by atoms with Gasteiger partial charge >= 0.3 is 0 Å². The Bertz CT molecular complexity index is 871. The maximum absolute atomic E-state index is 12.3. The summed E-state index contributed by atoms with van der Waals surface area (Å²) in [5, 5.41) is 7.11. The number of nitrogens with one attached hydrogen (secondary N) is 1. The molecule has 3 rings (SSSR count). The van der Waals surface area contributed by atoms with Crippen LogP contribution in [0.2, 0.25) is 0 Å². The maximum Gasteiger partial charge on any atom is 0.251 e. The fourth-order valence-corrected chi connectivity index (χ4v) is 2.52. The van der Waals surface area contributed by atoms with Gasteiger partial charge in [0.1, 0.15) is 0 Å². The fraction of sp³-hybridized carbons (Fsp3) is 0.105. The van der Waals surface area contributed by atoms with Crippen molar-refractivity contribution in [2.24, 2.45) is 5.73 Å². The van der Waals surface area contributed by atoms with Gasteiger partial charge < -0.3 is 11.1 Å². The van der Waals surface area contributed by atoms with Gasteiger partial charge in [0.15, 0.2) is 0 Å². The Balaban J connectivity index is 1.67. The number of hydrogen-bond donors (Lipinski definition) is 2. The van der Waals surface area contributed by atoms with Crippen LogP contribution in [0.1, 0.15) is 31.8 Å². The predicted octanol–water partition coefficient (Wildman–Crippen LogP) is 1.96. The lowest BCUT2D eigenvalue weighted by Gasteiger charge is -2.11. The van der Waals surface area contributed by atoms with Crippen molar-refractivity contribution in [3.63, 3.8) is 0 Å².